The molecular formula is C19H24ClN. The Kier molecular flexibility index (Phi) is 4.95. The van der Waals surface area contributed by atoms with Crippen molar-refractivity contribution in [2.24, 2.45) is 0 Å². The SMILES string of the molecule is Cc1ccc(CN(c2ccc(Cl)c(C)c2)C(C)C)cc1C. The minimum absolute atomic E-state index is 0.437. The van der Waals surface area contributed by atoms with E-state index in [0.717, 1.165) is 17.1 Å². The molecule has 0 atom stereocenters. The standard InChI is InChI=1S/C19H24ClN/c1-13(2)21(18-8-9-19(20)16(5)11-18)12-17-7-6-14(3)15(4)10-17/h6-11,13H,12H2,1-5H3. The molecule has 2 aromatic rings. The summed E-state index contributed by atoms with van der Waals surface area (Å²) in [6.07, 6.45) is 0. The molecular weight excluding hydrogens is 278 g/mol. The fraction of sp³-hybridized carbons (Fsp3) is 0.368. The van der Waals surface area contributed by atoms with Crippen LogP contribution in [0.1, 0.15) is 36.1 Å². The first-order valence-electron chi connectivity index (χ1n) is 7.47. The van der Waals surface area contributed by atoms with E-state index in [9.17, 15) is 0 Å². The summed E-state index contributed by atoms with van der Waals surface area (Å²) in [6.45, 7) is 11.8. The van der Waals surface area contributed by atoms with E-state index in [-0.39, 0.29) is 0 Å². The summed E-state index contributed by atoms with van der Waals surface area (Å²) < 4.78 is 0. The summed E-state index contributed by atoms with van der Waals surface area (Å²) >= 11 is 6.14. The highest BCUT2D eigenvalue weighted by atomic mass is 35.5. The minimum atomic E-state index is 0.437. The van der Waals surface area contributed by atoms with Crippen molar-refractivity contribution in [1.82, 2.24) is 0 Å². The highest BCUT2D eigenvalue weighted by Gasteiger charge is 2.12. The van der Waals surface area contributed by atoms with Gasteiger partial charge in [0.25, 0.3) is 0 Å². The van der Waals surface area contributed by atoms with Crippen LogP contribution >= 0.6 is 11.6 Å². The normalized spacial score (nSPS) is 11.0. The van der Waals surface area contributed by atoms with Gasteiger partial charge in [0, 0.05) is 23.3 Å². The zero-order valence-corrected chi connectivity index (χ0v) is 14.3. The van der Waals surface area contributed by atoms with Crippen LogP contribution in [0.3, 0.4) is 0 Å². The second-order valence-electron chi connectivity index (χ2n) is 6.07. The Morgan fingerprint density at radius 3 is 2.19 bits per heavy atom. The zero-order valence-electron chi connectivity index (χ0n) is 13.6. The van der Waals surface area contributed by atoms with Gasteiger partial charge < -0.3 is 4.90 Å². The molecule has 2 heteroatoms. The lowest BCUT2D eigenvalue weighted by molar-refractivity contribution is 0.682. The van der Waals surface area contributed by atoms with Gasteiger partial charge in [0.1, 0.15) is 0 Å². The fourth-order valence-corrected chi connectivity index (χ4v) is 2.60. The molecule has 0 N–H and O–H groups in total. The summed E-state index contributed by atoms with van der Waals surface area (Å²) in [5.41, 5.74) is 6.39. The van der Waals surface area contributed by atoms with E-state index in [2.05, 4.69) is 69.9 Å². The highest BCUT2D eigenvalue weighted by Crippen LogP contribution is 2.26. The monoisotopic (exact) mass is 301 g/mol. The van der Waals surface area contributed by atoms with Crippen molar-refractivity contribution in [2.75, 3.05) is 4.90 Å². The van der Waals surface area contributed by atoms with Gasteiger partial charge in [0.2, 0.25) is 0 Å². The van der Waals surface area contributed by atoms with Crippen molar-refractivity contribution in [1.29, 1.82) is 0 Å². The van der Waals surface area contributed by atoms with Gasteiger partial charge in [0.15, 0.2) is 0 Å². The summed E-state index contributed by atoms with van der Waals surface area (Å²) in [4.78, 5) is 2.41. The molecule has 0 saturated heterocycles. The molecule has 2 rings (SSSR count). The Balaban J connectivity index is 2.30. The van der Waals surface area contributed by atoms with Crippen LogP contribution in [0, 0.1) is 20.8 Å². The first-order valence-corrected chi connectivity index (χ1v) is 7.85. The van der Waals surface area contributed by atoms with Crippen LogP contribution in [0.15, 0.2) is 36.4 Å². The molecule has 0 aromatic heterocycles. The zero-order chi connectivity index (χ0) is 15.6. The van der Waals surface area contributed by atoms with E-state index in [1.54, 1.807) is 0 Å². The number of benzene rings is 2. The number of nitrogens with zero attached hydrogens (tertiary/aromatic N) is 1. The molecule has 0 aliphatic rings. The fourth-order valence-electron chi connectivity index (χ4n) is 2.48. The van der Waals surface area contributed by atoms with Gasteiger partial charge in [-0.25, -0.2) is 0 Å². The number of hydrogen-bond acceptors (Lipinski definition) is 1. The molecule has 0 unspecified atom stereocenters. The molecule has 1 nitrogen and oxygen atoms in total. The van der Waals surface area contributed by atoms with E-state index in [1.165, 1.54) is 22.4 Å². The molecule has 0 radical (unpaired) electrons. The lowest BCUT2D eigenvalue weighted by Gasteiger charge is -2.30. The van der Waals surface area contributed by atoms with Crippen LogP contribution < -0.4 is 4.90 Å². The Bertz CT molecular complexity index is 631. The van der Waals surface area contributed by atoms with Gasteiger partial charge in [-0.1, -0.05) is 29.8 Å². The molecule has 0 amide bonds. The number of rotatable bonds is 4. The Hall–Kier alpha value is -1.47. The summed E-state index contributed by atoms with van der Waals surface area (Å²) in [5.74, 6) is 0. The number of anilines is 1. The van der Waals surface area contributed by atoms with Crippen molar-refractivity contribution >= 4 is 17.3 Å². The quantitative estimate of drug-likeness (QED) is 0.702. The van der Waals surface area contributed by atoms with Crippen molar-refractivity contribution in [3.05, 3.63) is 63.7 Å². The van der Waals surface area contributed by atoms with Crippen LogP contribution in [0.25, 0.3) is 0 Å². The number of aryl methyl sites for hydroxylation is 3. The molecule has 0 spiro atoms. The molecule has 0 bridgehead atoms. The largest absolute Gasteiger partial charge is 0.365 e. The van der Waals surface area contributed by atoms with Crippen LogP contribution in [0.2, 0.25) is 5.02 Å². The Morgan fingerprint density at radius 1 is 0.905 bits per heavy atom. The minimum Gasteiger partial charge on any atom is -0.365 e. The predicted octanol–water partition coefficient (Wildman–Crippen LogP) is 5.68. The highest BCUT2D eigenvalue weighted by molar-refractivity contribution is 6.31. The maximum Gasteiger partial charge on any atom is 0.0436 e. The average molecular weight is 302 g/mol. The molecule has 0 fully saturated rings. The molecule has 0 heterocycles. The van der Waals surface area contributed by atoms with Gasteiger partial charge >= 0.3 is 0 Å². The van der Waals surface area contributed by atoms with Gasteiger partial charge in [-0.15, -0.1) is 0 Å². The summed E-state index contributed by atoms with van der Waals surface area (Å²) in [5, 5.41) is 0.827. The summed E-state index contributed by atoms with van der Waals surface area (Å²) in [6, 6.07) is 13.4. The van der Waals surface area contributed by atoms with Crippen LogP contribution in [-0.2, 0) is 6.54 Å². The molecule has 2 aromatic carbocycles. The lowest BCUT2D eigenvalue weighted by Crippen LogP contribution is -2.30. The van der Waals surface area contributed by atoms with Gasteiger partial charge in [-0.2, -0.15) is 0 Å². The number of hydrogen-bond donors (Lipinski definition) is 0. The smallest absolute Gasteiger partial charge is 0.0436 e. The van der Waals surface area contributed by atoms with Crippen molar-refractivity contribution in [3.63, 3.8) is 0 Å². The van der Waals surface area contributed by atoms with Gasteiger partial charge in [0.05, 0.1) is 0 Å². The van der Waals surface area contributed by atoms with Crippen molar-refractivity contribution in [3.8, 4) is 0 Å². The maximum absolute atomic E-state index is 6.14. The molecule has 0 aliphatic heterocycles. The Morgan fingerprint density at radius 2 is 1.62 bits per heavy atom. The second kappa shape index (κ2) is 6.53. The topological polar surface area (TPSA) is 3.24 Å². The van der Waals surface area contributed by atoms with E-state index < -0.39 is 0 Å². The van der Waals surface area contributed by atoms with Gasteiger partial charge in [-0.3, -0.25) is 0 Å². The Labute approximate surface area is 133 Å². The van der Waals surface area contributed by atoms with Crippen LogP contribution in [-0.4, -0.2) is 6.04 Å². The van der Waals surface area contributed by atoms with E-state index in [1.807, 2.05) is 6.07 Å². The third kappa shape index (κ3) is 3.79. The second-order valence-corrected chi connectivity index (χ2v) is 6.48. The van der Waals surface area contributed by atoms with E-state index >= 15 is 0 Å². The lowest BCUT2D eigenvalue weighted by atomic mass is 10.0. The third-order valence-corrected chi connectivity index (χ3v) is 4.44. The molecule has 0 aliphatic carbocycles. The predicted molar refractivity (Wildman–Crippen MR) is 93.4 cm³/mol. The molecule has 0 saturated carbocycles. The summed E-state index contributed by atoms with van der Waals surface area (Å²) in [7, 11) is 0. The van der Waals surface area contributed by atoms with E-state index in [0.29, 0.717) is 6.04 Å². The van der Waals surface area contributed by atoms with Crippen molar-refractivity contribution in [2.45, 2.75) is 47.2 Å². The van der Waals surface area contributed by atoms with Gasteiger partial charge in [-0.05, 0) is 75.1 Å². The van der Waals surface area contributed by atoms with Crippen molar-refractivity contribution < 1.29 is 0 Å². The molecule has 112 valence electrons. The van der Waals surface area contributed by atoms with Crippen LogP contribution in [0.4, 0.5) is 5.69 Å². The third-order valence-electron chi connectivity index (χ3n) is 4.02. The van der Waals surface area contributed by atoms with E-state index in [4.69, 9.17) is 11.6 Å². The van der Waals surface area contributed by atoms with Crippen LogP contribution in [0.5, 0.6) is 0 Å². The average Bonchev–Trinajstić information content (AvgIpc) is 2.43. The first kappa shape index (κ1) is 15.9. The maximum atomic E-state index is 6.14. The first-order chi connectivity index (χ1) is 9.88. The number of halogens is 1. The molecule has 21 heavy (non-hydrogen) atoms.